The molecule has 1 amide bonds. The number of ether oxygens (including phenoxy) is 2. The SMILES string of the molecule is O=C1c2c(cccc2NCc2ccc3ncccc3c2)CN1c1cc(OC2CCOC2)cc(C(F)(F)F)c1. The highest BCUT2D eigenvalue weighted by Gasteiger charge is 2.36. The van der Waals surface area contributed by atoms with Gasteiger partial charge in [-0.05, 0) is 47.5 Å². The Morgan fingerprint density at radius 2 is 1.97 bits per heavy atom. The van der Waals surface area contributed by atoms with Gasteiger partial charge in [-0.3, -0.25) is 9.78 Å². The minimum Gasteiger partial charge on any atom is -0.488 e. The van der Waals surface area contributed by atoms with Crippen molar-refractivity contribution in [2.75, 3.05) is 23.4 Å². The number of fused-ring (bicyclic) bond motifs is 2. The molecule has 3 aromatic carbocycles. The van der Waals surface area contributed by atoms with Crippen molar-refractivity contribution in [3.8, 4) is 5.75 Å². The maximum Gasteiger partial charge on any atom is 0.416 e. The second kappa shape index (κ2) is 9.64. The Labute approximate surface area is 217 Å². The number of halogens is 3. The van der Waals surface area contributed by atoms with Crippen LogP contribution in [0.2, 0.25) is 0 Å². The number of nitrogens with zero attached hydrogens (tertiary/aromatic N) is 2. The van der Waals surface area contributed by atoms with Gasteiger partial charge < -0.3 is 19.7 Å². The molecule has 9 heteroatoms. The van der Waals surface area contributed by atoms with Crippen molar-refractivity contribution >= 4 is 28.2 Å². The van der Waals surface area contributed by atoms with Crippen molar-refractivity contribution < 1.29 is 27.4 Å². The van der Waals surface area contributed by atoms with Gasteiger partial charge in [0.05, 0.1) is 36.4 Å². The summed E-state index contributed by atoms with van der Waals surface area (Å²) in [5.74, 6) is -0.293. The molecule has 3 heterocycles. The zero-order valence-electron chi connectivity index (χ0n) is 20.3. The predicted molar refractivity (Wildman–Crippen MR) is 137 cm³/mol. The third-order valence-corrected chi connectivity index (χ3v) is 6.81. The average Bonchev–Trinajstić information content (AvgIpc) is 3.54. The standard InChI is InChI=1S/C29H24F3N3O3/c30-29(31,32)21-12-22(14-24(13-21)38-23-8-10-37-17-23)35-16-20-3-1-5-26(27(20)28(35)36)34-15-18-6-7-25-19(11-18)4-2-9-33-25/h1-7,9,11-14,23,34H,8,10,15-17H2. The van der Waals surface area contributed by atoms with E-state index < -0.39 is 11.7 Å². The molecule has 194 valence electrons. The topological polar surface area (TPSA) is 63.7 Å². The van der Waals surface area contributed by atoms with Crippen LogP contribution in [0.5, 0.6) is 5.75 Å². The van der Waals surface area contributed by atoms with Gasteiger partial charge in [0.15, 0.2) is 0 Å². The highest BCUT2D eigenvalue weighted by molar-refractivity contribution is 6.13. The fraction of sp³-hybridized carbons (Fsp3) is 0.241. The summed E-state index contributed by atoms with van der Waals surface area (Å²) in [6.45, 7) is 1.46. The van der Waals surface area contributed by atoms with Gasteiger partial charge in [0.25, 0.3) is 5.91 Å². The highest BCUT2D eigenvalue weighted by atomic mass is 19.4. The number of benzene rings is 3. The van der Waals surface area contributed by atoms with E-state index in [4.69, 9.17) is 9.47 Å². The van der Waals surface area contributed by atoms with E-state index in [1.807, 2.05) is 48.5 Å². The summed E-state index contributed by atoms with van der Waals surface area (Å²) < 4.78 is 52.3. The van der Waals surface area contributed by atoms with E-state index in [1.54, 1.807) is 6.20 Å². The molecule has 2 aliphatic rings. The molecule has 1 fully saturated rings. The van der Waals surface area contributed by atoms with Crippen LogP contribution < -0.4 is 15.0 Å². The van der Waals surface area contributed by atoms with Crippen LogP contribution in [0.15, 0.2) is 72.9 Å². The van der Waals surface area contributed by atoms with E-state index in [0.29, 0.717) is 37.4 Å². The quantitative estimate of drug-likeness (QED) is 0.329. The van der Waals surface area contributed by atoms with Crippen molar-refractivity contribution in [1.82, 2.24) is 4.98 Å². The lowest BCUT2D eigenvalue weighted by atomic mass is 10.1. The van der Waals surface area contributed by atoms with Crippen LogP contribution in [0.4, 0.5) is 24.5 Å². The number of aromatic nitrogens is 1. The van der Waals surface area contributed by atoms with E-state index in [2.05, 4.69) is 10.3 Å². The molecule has 0 radical (unpaired) electrons. The Morgan fingerprint density at radius 3 is 2.79 bits per heavy atom. The minimum absolute atomic E-state index is 0.0678. The first-order chi connectivity index (χ1) is 18.3. The van der Waals surface area contributed by atoms with Crippen LogP contribution in [0.25, 0.3) is 10.9 Å². The smallest absolute Gasteiger partial charge is 0.416 e. The number of rotatable bonds is 6. The second-order valence-electron chi connectivity index (χ2n) is 9.43. The molecule has 0 aliphatic carbocycles. The zero-order valence-corrected chi connectivity index (χ0v) is 20.3. The van der Waals surface area contributed by atoms with Crippen LogP contribution in [0, 0.1) is 0 Å². The van der Waals surface area contributed by atoms with E-state index in [1.165, 1.54) is 11.0 Å². The molecule has 0 spiro atoms. The Balaban J connectivity index is 1.27. The van der Waals surface area contributed by atoms with Crippen LogP contribution in [-0.2, 0) is 24.0 Å². The molecule has 38 heavy (non-hydrogen) atoms. The summed E-state index contributed by atoms with van der Waals surface area (Å²) in [5.41, 5.74) is 3.02. The molecule has 1 N–H and O–H groups in total. The van der Waals surface area contributed by atoms with Crippen molar-refractivity contribution in [2.24, 2.45) is 0 Å². The predicted octanol–water partition coefficient (Wildman–Crippen LogP) is 6.19. The number of alkyl halides is 3. The van der Waals surface area contributed by atoms with Crippen molar-refractivity contribution in [3.63, 3.8) is 0 Å². The summed E-state index contributed by atoms with van der Waals surface area (Å²) in [6.07, 6.45) is -2.56. The van der Waals surface area contributed by atoms with Crippen molar-refractivity contribution in [2.45, 2.75) is 31.8 Å². The van der Waals surface area contributed by atoms with Crippen LogP contribution >= 0.6 is 0 Å². The third kappa shape index (κ3) is 4.77. The molecule has 0 bridgehead atoms. The number of hydrogen-bond donors (Lipinski definition) is 1. The van der Waals surface area contributed by atoms with Crippen molar-refractivity contribution in [3.05, 3.63) is 95.2 Å². The molecule has 1 aromatic heterocycles. The number of anilines is 2. The first-order valence-electron chi connectivity index (χ1n) is 12.3. The zero-order chi connectivity index (χ0) is 26.3. The van der Waals surface area contributed by atoms with Gasteiger partial charge in [0.2, 0.25) is 0 Å². The van der Waals surface area contributed by atoms with Gasteiger partial charge in [-0.1, -0.05) is 24.3 Å². The van der Waals surface area contributed by atoms with Gasteiger partial charge in [-0.15, -0.1) is 0 Å². The first-order valence-corrected chi connectivity index (χ1v) is 12.3. The van der Waals surface area contributed by atoms with Crippen LogP contribution in [-0.4, -0.2) is 30.2 Å². The van der Waals surface area contributed by atoms with E-state index in [-0.39, 0.29) is 30.0 Å². The Morgan fingerprint density at radius 1 is 1.08 bits per heavy atom. The number of pyridine rings is 1. The molecule has 1 unspecified atom stereocenters. The van der Waals surface area contributed by atoms with Gasteiger partial charge in [-0.2, -0.15) is 13.2 Å². The molecular formula is C29H24F3N3O3. The third-order valence-electron chi connectivity index (χ3n) is 6.81. The summed E-state index contributed by atoms with van der Waals surface area (Å²) in [7, 11) is 0. The maximum atomic E-state index is 13.7. The van der Waals surface area contributed by atoms with Gasteiger partial charge in [-0.25, -0.2) is 0 Å². The Hall–Kier alpha value is -4.11. The summed E-state index contributed by atoms with van der Waals surface area (Å²) in [6, 6.07) is 18.7. The van der Waals surface area contributed by atoms with Gasteiger partial charge in [0.1, 0.15) is 11.9 Å². The maximum absolute atomic E-state index is 13.7. The lowest BCUT2D eigenvalue weighted by Crippen LogP contribution is -2.24. The normalized spacial score (nSPS) is 17.2. The molecule has 6 rings (SSSR count). The van der Waals surface area contributed by atoms with Gasteiger partial charge in [0, 0.05) is 42.0 Å². The number of nitrogens with one attached hydrogen (secondary N) is 1. The molecule has 1 saturated heterocycles. The number of carbonyl (C=O) groups excluding carboxylic acids is 1. The number of hydrogen-bond acceptors (Lipinski definition) is 5. The van der Waals surface area contributed by atoms with Crippen LogP contribution in [0.1, 0.15) is 33.5 Å². The molecule has 1 atom stereocenters. The average molecular weight is 520 g/mol. The first kappa shape index (κ1) is 24.2. The number of carbonyl (C=O) groups is 1. The monoisotopic (exact) mass is 519 g/mol. The summed E-state index contributed by atoms with van der Waals surface area (Å²) in [4.78, 5) is 19.3. The van der Waals surface area contributed by atoms with Gasteiger partial charge >= 0.3 is 6.18 Å². The van der Waals surface area contributed by atoms with Crippen molar-refractivity contribution in [1.29, 1.82) is 0 Å². The lowest BCUT2D eigenvalue weighted by Gasteiger charge is -2.21. The minimum atomic E-state index is -4.59. The largest absolute Gasteiger partial charge is 0.488 e. The molecule has 2 aliphatic heterocycles. The molecular weight excluding hydrogens is 495 g/mol. The lowest BCUT2D eigenvalue weighted by molar-refractivity contribution is -0.137. The molecule has 6 nitrogen and oxygen atoms in total. The fourth-order valence-corrected chi connectivity index (χ4v) is 4.92. The van der Waals surface area contributed by atoms with E-state index >= 15 is 0 Å². The van der Waals surface area contributed by atoms with E-state index in [0.717, 1.165) is 34.2 Å². The highest BCUT2D eigenvalue weighted by Crippen LogP contribution is 2.39. The van der Waals surface area contributed by atoms with Crippen LogP contribution in [0.3, 0.4) is 0 Å². The molecule has 0 saturated carbocycles. The fourth-order valence-electron chi connectivity index (χ4n) is 4.92. The number of amides is 1. The molecule has 4 aromatic rings. The summed E-state index contributed by atoms with van der Waals surface area (Å²) in [5, 5.41) is 4.35. The van der Waals surface area contributed by atoms with E-state index in [9.17, 15) is 18.0 Å². The Bertz CT molecular complexity index is 1520. The Kier molecular flexibility index (Phi) is 6.15. The summed E-state index contributed by atoms with van der Waals surface area (Å²) >= 11 is 0. The second-order valence-corrected chi connectivity index (χ2v) is 9.43.